The minimum Gasteiger partial charge on any atom is -0.444 e. The number of rotatable bonds is 2. The number of nitrogens with one attached hydrogen (secondary N) is 1. The van der Waals surface area contributed by atoms with Crippen molar-refractivity contribution in [1.82, 2.24) is 15.1 Å². The lowest BCUT2D eigenvalue weighted by Crippen LogP contribution is -2.41. The molecule has 0 bridgehead atoms. The van der Waals surface area contributed by atoms with Crippen molar-refractivity contribution in [3.8, 4) is 0 Å². The number of H-pyrrole nitrogens is 1. The first-order valence-electron chi connectivity index (χ1n) is 9.78. The molecule has 1 fully saturated rings. The molecule has 1 saturated heterocycles. The van der Waals surface area contributed by atoms with Crippen LogP contribution in [-0.4, -0.2) is 39.9 Å². The largest absolute Gasteiger partial charge is 0.444 e. The van der Waals surface area contributed by atoms with Crippen molar-refractivity contribution < 1.29 is 9.53 Å². The molecule has 1 aromatic rings. The van der Waals surface area contributed by atoms with Crippen LogP contribution in [-0.2, 0) is 17.6 Å². The van der Waals surface area contributed by atoms with Crippen molar-refractivity contribution in [2.24, 2.45) is 11.8 Å². The van der Waals surface area contributed by atoms with Crippen LogP contribution in [0.5, 0.6) is 0 Å². The third-order valence-corrected chi connectivity index (χ3v) is 5.69. The van der Waals surface area contributed by atoms with Gasteiger partial charge < -0.3 is 9.64 Å². The second-order valence-corrected chi connectivity index (χ2v) is 9.05. The van der Waals surface area contributed by atoms with Crippen molar-refractivity contribution in [2.45, 2.75) is 78.2 Å². The topological polar surface area (TPSA) is 58.2 Å². The van der Waals surface area contributed by atoms with Gasteiger partial charge in [-0.05, 0) is 70.3 Å². The Kier molecular flexibility index (Phi) is 5.12. The lowest BCUT2D eigenvalue weighted by atomic mass is 9.78. The highest BCUT2D eigenvalue weighted by Gasteiger charge is 2.32. The van der Waals surface area contributed by atoms with E-state index in [1.165, 1.54) is 23.4 Å². The van der Waals surface area contributed by atoms with Gasteiger partial charge in [0.2, 0.25) is 0 Å². The number of carbonyl (C=O) groups is 1. The van der Waals surface area contributed by atoms with Crippen LogP contribution >= 0.6 is 0 Å². The first-order chi connectivity index (χ1) is 11.7. The Morgan fingerprint density at radius 3 is 2.52 bits per heavy atom. The van der Waals surface area contributed by atoms with Gasteiger partial charge in [-0.15, -0.1) is 0 Å². The third kappa shape index (κ3) is 4.18. The standard InChI is InChI=1S/C20H33N3O2/c1-13(2)15-6-7-17-16(12-15)18(22-21-17)14-8-10-23(11-9-14)19(24)25-20(3,4)5/h13-15H,6-12H2,1-5H3,(H,21,22). The molecule has 0 radical (unpaired) electrons. The lowest BCUT2D eigenvalue weighted by Gasteiger charge is -2.33. The van der Waals surface area contributed by atoms with Gasteiger partial charge in [0, 0.05) is 24.7 Å². The van der Waals surface area contributed by atoms with Gasteiger partial charge in [-0.25, -0.2) is 4.79 Å². The van der Waals surface area contributed by atoms with Crippen LogP contribution in [0.4, 0.5) is 4.79 Å². The van der Waals surface area contributed by atoms with Crippen LogP contribution in [0.15, 0.2) is 0 Å². The number of aromatic amines is 1. The van der Waals surface area contributed by atoms with Crippen LogP contribution in [0, 0.1) is 11.8 Å². The Hall–Kier alpha value is -1.52. The number of likely N-dealkylation sites (tertiary alicyclic amines) is 1. The van der Waals surface area contributed by atoms with Gasteiger partial charge in [-0.1, -0.05) is 13.8 Å². The first-order valence-corrected chi connectivity index (χ1v) is 9.78. The second-order valence-electron chi connectivity index (χ2n) is 9.05. The Morgan fingerprint density at radius 2 is 1.92 bits per heavy atom. The van der Waals surface area contributed by atoms with Gasteiger partial charge in [-0.2, -0.15) is 5.10 Å². The zero-order valence-corrected chi connectivity index (χ0v) is 16.4. The highest BCUT2D eigenvalue weighted by atomic mass is 16.6. The zero-order valence-electron chi connectivity index (χ0n) is 16.4. The molecule has 1 aliphatic carbocycles. The number of ether oxygens (including phenoxy) is 1. The number of hydrogen-bond donors (Lipinski definition) is 1. The number of aryl methyl sites for hydroxylation is 1. The van der Waals surface area contributed by atoms with Crippen LogP contribution in [0.3, 0.4) is 0 Å². The number of amides is 1. The molecule has 0 spiro atoms. The summed E-state index contributed by atoms with van der Waals surface area (Å²) in [6.07, 6.45) is 5.32. The molecule has 140 valence electrons. The predicted molar refractivity (Wildman–Crippen MR) is 98.7 cm³/mol. The molecule has 1 unspecified atom stereocenters. The fourth-order valence-electron chi connectivity index (χ4n) is 4.11. The molecule has 1 atom stereocenters. The molecule has 1 N–H and O–H groups in total. The van der Waals surface area contributed by atoms with E-state index in [9.17, 15) is 4.79 Å². The summed E-state index contributed by atoms with van der Waals surface area (Å²) in [6.45, 7) is 11.9. The third-order valence-electron chi connectivity index (χ3n) is 5.69. The molecule has 1 aromatic heterocycles. The van der Waals surface area contributed by atoms with Gasteiger partial charge in [0.15, 0.2) is 0 Å². The molecule has 1 amide bonds. The van der Waals surface area contributed by atoms with Crippen LogP contribution in [0.25, 0.3) is 0 Å². The zero-order chi connectivity index (χ0) is 18.2. The van der Waals surface area contributed by atoms with Crippen LogP contribution in [0.1, 0.15) is 76.8 Å². The molecule has 3 rings (SSSR count). The van der Waals surface area contributed by atoms with E-state index >= 15 is 0 Å². The van der Waals surface area contributed by atoms with Gasteiger partial charge >= 0.3 is 6.09 Å². The maximum atomic E-state index is 12.2. The second kappa shape index (κ2) is 7.00. The van der Waals surface area contributed by atoms with Crippen molar-refractivity contribution in [2.75, 3.05) is 13.1 Å². The SMILES string of the molecule is CC(C)C1CCc2[nH]nc(C3CCN(C(=O)OC(C)(C)C)CC3)c2C1. The van der Waals surface area contributed by atoms with E-state index in [2.05, 4.69) is 24.0 Å². The minimum atomic E-state index is -0.430. The van der Waals surface area contributed by atoms with E-state index in [0.717, 1.165) is 50.6 Å². The summed E-state index contributed by atoms with van der Waals surface area (Å²) in [5.74, 6) is 1.96. The average Bonchev–Trinajstić information content (AvgIpc) is 2.96. The summed E-state index contributed by atoms with van der Waals surface area (Å²) in [4.78, 5) is 14.1. The molecule has 2 heterocycles. The van der Waals surface area contributed by atoms with E-state index in [4.69, 9.17) is 4.74 Å². The fraction of sp³-hybridized carbons (Fsp3) is 0.800. The van der Waals surface area contributed by atoms with Gasteiger partial charge in [0.1, 0.15) is 5.60 Å². The number of piperidine rings is 1. The predicted octanol–water partition coefficient (Wildman–Crippen LogP) is 4.29. The van der Waals surface area contributed by atoms with Gasteiger partial charge in [0.05, 0.1) is 5.69 Å². The molecule has 0 aromatic carbocycles. The number of nitrogens with zero attached hydrogens (tertiary/aromatic N) is 2. The minimum absolute atomic E-state index is 0.185. The highest BCUT2D eigenvalue weighted by Crippen LogP contribution is 2.36. The summed E-state index contributed by atoms with van der Waals surface area (Å²) < 4.78 is 5.50. The quantitative estimate of drug-likeness (QED) is 0.868. The summed E-state index contributed by atoms with van der Waals surface area (Å²) in [7, 11) is 0. The van der Waals surface area contributed by atoms with Crippen molar-refractivity contribution in [3.63, 3.8) is 0 Å². The molecule has 0 saturated carbocycles. The van der Waals surface area contributed by atoms with E-state index < -0.39 is 5.60 Å². The summed E-state index contributed by atoms with van der Waals surface area (Å²) in [5, 5.41) is 7.98. The van der Waals surface area contributed by atoms with Crippen LogP contribution in [0.2, 0.25) is 0 Å². The summed E-state index contributed by atoms with van der Waals surface area (Å²) in [6, 6.07) is 0. The Morgan fingerprint density at radius 1 is 1.24 bits per heavy atom. The Balaban J connectivity index is 1.63. The lowest BCUT2D eigenvalue weighted by molar-refractivity contribution is 0.0204. The van der Waals surface area contributed by atoms with Crippen molar-refractivity contribution >= 4 is 6.09 Å². The molecule has 5 nitrogen and oxygen atoms in total. The number of carbonyl (C=O) groups excluding carboxylic acids is 1. The first kappa shape index (κ1) is 18.3. The fourth-order valence-corrected chi connectivity index (χ4v) is 4.11. The normalized spacial score (nSPS) is 22.2. The Labute approximate surface area is 151 Å². The van der Waals surface area contributed by atoms with Gasteiger partial charge in [-0.3, -0.25) is 5.10 Å². The maximum absolute atomic E-state index is 12.2. The number of hydrogen-bond acceptors (Lipinski definition) is 3. The van der Waals surface area contributed by atoms with E-state index in [-0.39, 0.29) is 6.09 Å². The van der Waals surface area contributed by atoms with Gasteiger partial charge in [0.25, 0.3) is 0 Å². The Bertz CT molecular complexity index is 607. The summed E-state index contributed by atoms with van der Waals surface area (Å²) in [5.41, 5.74) is 3.66. The van der Waals surface area contributed by atoms with Crippen molar-refractivity contribution in [3.05, 3.63) is 17.0 Å². The number of aromatic nitrogens is 2. The van der Waals surface area contributed by atoms with Crippen molar-refractivity contribution in [1.29, 1.82) is 0 Å². The smallest absolute Gasteiger partial charge is 0.410 e. The molecular weight excluding hydrogens is 314 g/mol. The van der Waals surface area contributed by atoms with E-state index in [1.54, 1.807) is 0 Å². The van der Waals surface area contributed by atoms with E-state index in [0.29, 0.717) is 5.92 Å². The van der Waals surface area contributed by atoms with Crippen LogP contribution < -0.4 is 0 Å². The summed E-state index contributed by atoms with van der Waals surface area (Å²) >= 11 is 0. The van der Waals surface area contributed by atoms with E-state index in [1.807, 2.05) is 25.7 Å². The maximum Gasteiger partial charge on any atom is 0.410 e. The molecule has 25 heavy (non-hydrogen) atoms. The monoisotopic (exact) mass is 347 g/mol. The average molecular weight is 348 g/mol. The molecule has 1 aliphatic heterocycles. The highest BCUT2D eigenvalue weighted by molar-refractivity contribution is 5.68. The molecular formula is C20H33N3O2. The molecule has 5 heteroatoms. The molecule has 2 aliphatic rings. The number of fused-ring (bicyclic) bond motifs is 1.